The molecule has 1 nitrogen and oxygen atoms in total. The third-order valence-electron chi connectivity index (χ3n) is 5.41. The van der Waals surface area contributed by atoms with E-state index in [-0.39, 0.29) is 0 Å². The fourth-order valence-corrected chi connectivity index (χ4v) is 4.52. The molecule has 0 aromatic carbocycles. The molecule has 0 aromatic rings. The topological polar surface area (TPSA) is 26.0 Å². The van der Waals surface area contributed by atoms with Crippen molar-refractivity contribution in [3.05, 3.63) is 0 Å². The maximum Gasteiger partial charge on any atom is 0.00390 e. The Labute approximate surface area is 93.8 Å². The van der Waals surface area contributed by atoms with Gasteiger partial charge in [0.2, 0.25) is 0 Å². The lowest BCUT2D eigenvalue weighted by atomic mass is 9.76. The Morgan fingerprint density at radius 2 is 1.67 bits per heavy atom. The Balaban J connectivity index is 1.49. The summed E-state index contributed by atoms with van der Waals surface area (Å²) in [5, 5.41) is 0. The lowest BCUT2D eigenvalue weighted by Gasteiger charge is -2.31. The first-order valence-corrected chi connectivity index (χ1v) is 7.07. The molecule has 0 aliphatic heterocycles. The zero-order valence-corrected chi connectivity index (χ0v) is 9.83. The molecule has 0 amide bonds. The smallest absolute Gasteiger partial charge is 0.00390 e. The summed E-state index contributed by atoms with van der Waals surface area (Å²) < 4.78 is 0. The molecule has 0 saturated heterocycles. The van der Waals surface area contributed by atoms with E-state index in [2.05, 4.69) is 0 Å². The van der Waals surface area contributed by atoms with E-state index in [1.54, 1.807) is 32.1 Å². The molecule has 3 aliphatic carbocycles. The third-order valence-corrected chi connectivity index (χ3v) is 5.41. The predicted molar refractivity (Wildman–Crippen MR) is 63.5 cm³/mol. The van der Waals surface area contributed by atoms with Crippen LogP contribution in [0.5, 0.6) is 0 Å². The van der Waals surface area contributed by atoms with Crippen LogP contribution in [0.3, 0.4) is 0 Å². The van der Waals surface area contributed by atoms with Crippen LogP contribution in [0.2, 0.25) is 0 Å². The Hall–Kier alpha value is -0.0400. The number of fused-ring (bicyclic) bond motifs is 2. The second-order valence-electron chi connectivity index (χ2n) is 6.45. The number of rotatable bonds is 2. The van der Waals surface area contributed by atoms with Crippen LogP contribution in [0.1, 0.15) is 57.8 Å². The van der Waals surface area contributed by atoms with Crippen LogP contribution in [0.15, 0.2) is 0 Å². The van der Waals surface area contributed by atoms with Crippen molar-refractivity contribution >= 4 is 0 Å². The summed E-state index contributed by atoms with van der Waals surface area (Å²) in [6.07, 6.45) is 13.3. The standard InChI is InChI=1S/C14H25N/c15-14-5-2-10(3-6-14)7-13-9-11-1-4-12(13)8-11/h10-14H,1-9,15H2/t10?,11-,12-,13+,14?/m1/s1. The number of nitrogens with two attached hydrogens (primary N) is 1. The first-order valence-electron chi connectivity index (χ1n) is 7.07. The van der Waals surface area contributed by atoms with E-state index in [9.17, 15) is 0 Å². The van der Waals surface area contributed by atoms with Gasteiger partial charge in [0.1, 0.15) is 0 Å². The summed E-state index contributed by atoms with van der Waals surface area (Å²) in [5.74, 6) is 4.41. The van der Waals surface area contributed by atoms with E-state index < -0.39 is 0 Å². The molecular weight excluding hydrogens is 182 g/mol. The second-order valence-corrected chi connectivity index (χ2v) is 6.45. The first-order chi connectivity index (χ1) is 7.31. The molecule has 3 saturated carbocycles. The van der Waals surface area contributed by atoms with Crippen molar-refractivity contribution in [1.29, 1.82) is 0 Å². The molecule has 0 heterocycles. The van der Waals surface area contributed by atoms with E-state index in [1.807, 2.05) is 0 Å². The molecule has 0 spiro atoms. The lowest BCUT2D eigenvalue weighted by Crippen LogP contribution is -2.28. The first kappa shape index (κ1) is 10.1. The molecule has 0 radical (unpaired) electrons. The van der Waals surface area contributed by atoms with Crippen molar-refractivity contribution in [3.63, 3.8) is 0 Å². The minimum atomic E-state index is 0.529. The minimum absolute atomic E-state index is 0.529. The van der Waals surface area contributed by atoms with Gasteiger partial charge in [-0.3, -0.25) is 0 Å². The van der Waals surface area contributed by atoms with Gasteiger partial charge in [-0.1, -0.05) is 6.42 Å². The molecule has 3 fully saturated rings. The third kappa shape index (κ3) is 2.08. The maximum atomic E-state index is 5.97. The fourth-order valence-electron chi connectivity index (χ4n) is 4.52. The molecule has 3 atom stereocenters. The van der Waals surface area contributed by atoms with Crippen LogP contribution in [-0.4, -0.2) is 6.04 Å². The average Bonchev–Trinajstić information content (AvgIpc) is 2.83. The minimum Gasteiger partial charge on any atom is -0.328 e. The van der Waals surface area contributed by atoms with Crippen LogP contribution < -0.4 is 5.73 Å². The van der Waals surface area contributed by atoms with Gasteiger partial charge in [0.05, 0.1) is 0 Å². The van der Waals surface area contributed by atoms with Crippen LogP contribution in [0.25, 0.3) is 0 Å². The number of hydrogen-bond acceptors (Lipinski definition) is 1. The summed E-state index contributed by atoms with van der Waals surface area (Å²) in [5.41, 5.74) is 5.97. The van der Waals surface area contributed by atoms with Crippen LogP contribution >= 0.6 is 0 Å². The zero-order valence-electron chi connectivity index (χ0n) is 9.83. The van der Waals surface area contributed by atoms with Crippen molar-refractivity contribution < 1.29 is 0 Å². The van der Waals surface area contributed by atoms with E-state index in [1.165, 1.54) is 25.7 Å². The average molecular weight is 207 g/mol. The Morgan fingerprint density at radius 1 is 0.867 bits per heavy atom. The Kier molecular flexibility index (Phi) is 2.76. The quantitative estimate of drug-likeness (QED) is 0.738. The SMILES string of the molecule is NC1CCC(C[C@H]2C[C@@H]3CC[C@@H]2C3)CC1. The van der Waals surface area contributed by atoms with Gasteiger partial charge in [0.25, 0.3) is 0 Å². The molecule has 3 aliphatic rings. The molecule has 0 aromatic heterocycles. The van der Waals surface area contributed by atoms with Gasteiger partial charge >= 0.3 is 0 Å². The summed E-state index contributed by atoms with van der Waals surface area (Å²) in [4.78, 5) is 0. The van der Waals surface area contributed by atoms with Gasteiger partial charge < -0.3 is 5.73 Å². The largest absolute Gasteiger partial charge is 0.328 e. The van der Waals surface area contributed by atoms with Gasteiger partial charge in [0, 0.05) is 6.04 Å². The highest BCUT2D eigenvalue weighted by atomic mass is 14.6. The molecule has 2 bridgehead atoms. The Morgan fingerprint density at radius 3 is 2.27 bits per heavy atom. The van der Waals surface area contributed by atoms with E-state index in [0.717, 1.165) is 23.7 Å². The van der Waals surface area contributed by atoms with Gasteiger partial charge in [0.15, 0.2) is 0 Å². The van der Waals surface area contributed by atoms with Crippen molar-refractivity contribution in [2.75, 3.05) is 0 Å². The normalized spacial score (nSPS) is 49.8. The number of hydrogen-bond donors (Lipinski definition) is 1. The highest BCUT2D eigenvalue weighted by Gasteiger charge is 2.40. The molecular formula is C14H25N. The van der Waals surface area contributed by atoms with Gasteiger partial charge in [-0.05, 0) is 75.0 Å². The summed E-state index contributed by atoms with van der Waals surface area (Å²) in [6.45, 7) is 0. The summed E-state index contributed by atoms with van der Waals surface area (Å²) in [6, 6.07) is 0.529. The fraction of sp³-hybridized carbons (Fsp3) is 1.00. The molecule has 2 N–H and O–H groups in total. The van der Waals surface area contributed by atoms with E-state index in [0.29, 0.717) is 6.04 Å². The van der Waals surface area contributed by atoms with Crippen molar-refractivity contribution in [3.8, 4) is 0 Å². The molecule has 3 rings (SSSR count). The Bertz CT molecular complexity index is 217. The van der Waals surface area contributed by atoms with Crippen molar-refractivity contribution in [2.24, 2.45) is 29.4 Å². The molecule has 15 heavy (non-hydrogen) atoms. The molecule has 0 unspecified atom stereocenters. The van der Waals surface area contributed by atoms with E-state index in [4.69, 9.17) is 5.73 Å². The summed E-state index contributed by atoms with van der Waals surface area (Å²) in [7, 11) is 0. The highest BCUT2D eigenvalue weighted by Crippen LogP contribution is 2.51. The zero-order chi connectivity index (χ0) is 10.3. The summed E-state index contributed by atoms with van der Waals surface area (Å²) >= 11 is 0. The van der Waals surface area contributed by atoms with E-state index >= 15 is 0 Å². The van der Waals surface area contributed by atoms with Gasteiger partial charge in [-0.25, -0.2) is 0 Å². The predicted octanol–water partition coefficient (Wildman–Crippen LogP) is 3.33. The lowest BCUT2D eigenvalue weighted by molar-refractivity contribution is 0.221. The van der Waals surface area contributed by atoms with Crippen LogP contribution in [0, 0.1) is 23.7 Å². The maximum absolute atomic E-state index is 5.97. The van der Waals surface area contributed by atoms with Crippen LogP contribution in [-0.2, 0) is 0 Å². The second kappa shape index (κ2) is 4.08. The van der Waals surface area contributed by atoms with Gasteiger partial charge in [-0.15, -0.1) is 0 Å². The van der Waals surface area contributed by atoms with Crippen molar-refractivity contribution in [2.45, 2.75) is 63.8 Å². The molecule has 1 heteroatoms. The highest BCUT2D eigenvalue weighted by molar-refractivity contribution is 4.91. The monoisotopic (exact) mass is 207 g/mol. The van der Waals surface area contributed by atoms with Crippen molar-refractivity contribution in [1.82, 2.24) is 0 Å². The van der Waals surface area contributed by atoms with Crippen LogP contribution in [0.4, 0.5) is 0 Å². The van der Waals surface area contributed by atoms with Gasteiger partial charge in [-0.2, -0.15) is 0 Å². The molecule has 86 valence electrons.